The maximum Gasteiger partial charge on any atom is 0.286 e. The third-order valence-electron chi connectivity index (χ3n) is 2.08. The molecule has 0 fully saturated rings. The molecule has 2 aromatic heterocycles. The lowest BCUT2D eigenvalue weighted by Crippen LogP contribution is -2.25. The van der Waals surface area contributed by atoms with Crippen molar-refractivity contribution < 1.29 is 9.21 Å². The van der Waals surface area contributed by atoms with Gasteiger partial charge in [0.15, 0.2) is 5.76 Å². The van der Waals surface area contributed by atoms with Gasteiger partial charge < -0.3 is 9.73 Å². The molecule has 4 nitrogen and oxygen atoms in total. The molecule has 0 aliphatic carbocycles. The van der Waals surface area contributed by atoms with Crippen molar-refractivity contribution >= 4 is 17.2 Å². The molecule has 0 saturated heterocycles. The minimum Gasteiger partial charge on any atom is -0.459 e. The van der Waals surface area contributed by atoms with Crippen molar-refractivity contribution in [2.24, 2.45) is 0 Å². The van der Waals surface area contributed by atoms with Gasteiger partial charge in [-0.2, -0.15) is 0 Å². The third kappa shape index (κ3) is 2.70. The minimum absolute atomic E-state index is 0.183. The van der Waals surface area contributed by atoms with E-state index in [1.165, 1.54) is 6.26 Å². The number of carbonyl (C=O) groups is 1. The molecule has 16 heavy (non-hydrogen) atoms. The Kier molecular flexibility index (Phi) is 3.36. The van der Waals surface area contributed by atoms with Gasteiger partial charge in [0.1, 0.15) is 0 Å². The van der Waals surface area contributed by atoms with E-state index in [0.717, 1.165) is 17.1 Å². The number of hydrogen-bond acceptors (Lipinski definition) is 4. The Morgan fingerprint density at radius 3 is 3.12 bits per heavy atom. The van der Waals surface area contributed by atoms with Gasteiger partial charge in [0.05, 0.1) is 17.0 Å². The molecule has 0 radical (unpaired) electrons. The van der Waals surface area contributed by atoms with Gasteiger partial charge in [0.2, 0.25) is 0 Å². The maximum atomic E-state index is 11.5. The number of amides is 1. The number of furan rings is 1. The first kappa shape index (κ1) is 10.9. The molecular weight excluding hydrogens is 224 g/mol. The monoisotopic (exact) mass is 236 g/mol. The Morgan fingerprint density at radius 2 is 2.50 bits per heavy atom. The lowest BCUT2D eigenvalue weighted by Gasteiger charge is -2.00. The van der Waals surface area contributed by atoms with Crippen LogP contribution in [0.1, 0.15) is 21.3 Å². The Morgan fingerprint density at radius 1 is 1.62 bits per heavy atom. The van der Waals surface area contributed by atoms with E-state index in [1.54, 1.807) is 23.5 Å². The second-order valence-electron chi connectivity index (χ2n) is 3.34. The maximum absolute atomic E-state index is 11.5. The zero-order valence-corrected chi connectivity index (χ0v) is 9.71. The van der Waals surface area contributed by atoms with E-state index in [-0.39, 0.29) is 5.91 Å². The van der Waals surface area contributed by atoms with Gasteiger partial charge in [-0.3, -0.25) is 4.79 Å². The highest BCUT2D eigenvalue weighted by Crippen LogP contribution is 2.07. The molecule has 84 valence electrons. The van der Waals surface area contributed by atoms with Crippen LogP contribution in [0.2, 0.25) is 0 Å². The van der Waals surface area contributed by atoms with Crippen molar-refractivity contribution in [1.29, 1.82) is 0 Å². The van der Waals surface area contributed by atoms with Crippen LogP contribution in [0.3, 0.4) is 0 Å². The molecular formula is C11H12N2O2S. The highest BCUT2D eigenvalue weighted by Gasteiger charge is 2.07. The topological polar surface area (TPSA) is 55.1 Å². The Labute approximate surface area is 97.3 Å². The van der Waals surface area contributed by atoms with Gasteiger partial charge in [-0.1, -0.05) is 0 Å². The quantitative estimate of drug-likeness (QED) is 0.883. The summed E-state index contributed by atoms with van der Waals surface area (Å²) in [6.07, 6.45) is 2.23. The summed E-state index contributed by atoms with van der Waals surface area (Å²) in [5.41, 5.74) is 1.02. The Hall–Kier alpha value is -1.62. The van der Waals surface area contributed by atoms with Crippen molar-refractivity contribution in [2.45, 2.75) is 13.3 Å². The number of hydrogen-bond donors (Lipinski definition) is 1. The van der Waals surface area contributed by atoms with E-state index in [0.29, 0.717) is 12.3 Å². The van der Waals surface area contributed by atoms with Crippen molar-refractivity contribution in [3.8, 4) is 0 Å². The van der Waals surface area contributed by atoms with E-state index in [1.807, 2.05) is 12.3 Å². The van der Waals surface area contributed by atoms with Gasteiger partial charge in [-0.25, -0.2) is 4.98 Å². The first-order valence-corrected chi connectivity index (χ1v) is 5.86. The molecule has 0 spiro atoms. The van der Waals surface area contributed by atoms with Crippen LogP contribution in [0.25, 0.3) is 0 Å². The lowest BCUT2D eigenvalue weighted by molar-refractivity contribution is 0.0926. The van der Waals surface area contributed by atoms with Crippen molar-refractivity contribution in [2.75, 3.05) is 6.54 Å². The van der Waals surface area contributed by atoms with E-state index < -0.39 is 0 Å². The zero-order chi connectivity index (χ0) is 11.4. The van der Waals surface area contributed by atoms with Gasteiger partial charge in [-0.05, 0) is 19.1 Å². The molecule has 0 aromatic carbocycles. The first-order chi connectivity index (χ1) is 7.75. The van der Waals surface area contributed by atoms with Crippen molar-refractivity contribution in [1.82, 2.24) is 10.3 Å². The summed E-state index contributed by atoms with van der Waals surface area (Å²) in [6.45, 7) is 2.54. The average molecular weight is 236 g/mol. The SMILES string of the molecule is Cc1nc(CCNC(=O)c2ccco2)cs1. The molecule has 0 bridgehead atoms. The van der Waals surface area contributed by atoms with Crippen LogP contribution >= 0.6 is 11.3 Å². The summed E-state index contributed by atoms with van der Waals surface area (Å²) < 4.78 is 4.98. The zero-order valence-electron chi connectivity index (χ0n) is 8.90. The van der Waals surface area contributed by atoms with Crippen LogP contribution in [0, 0.1) is 6.92 Å². The second-order valence-corrected chi connectivity index (χ2v) is 4.40. The van der Waals surface area contributed by atoms with Crippen LogP contribution in [-0.4, -0.2) is 17.4 Å². The summed E-state index contributed by atoms with van der Waals surface area (Å²) in [5.74, 6) is 0.159. The smallest absolute Gasteiger partial charge is 0.286 e. The molecule has 0 aliphatic rings. The fourth-order valence-corrected chi connectivity index (χ4v) is 1.97. The standard InChI is InChI=1S/C11H12N2O2S/c1-8-13-9(7-16-8)4-5-12-11(14)10-3-2-6-15-10/h2-3,6-7H,4-5H2,1H3,(H,12,14). The molecule has 0 atom stereocenters. The summed E-state index contributed by atoms with van der Waals surface area (Å²) in [5, 5.41) is 5.83. The molecule has 0 saturated carbocycles. The molecule has 0 aliphatic heterocycles. The molecule has 1 N–H and O–H groups in total. The molecule has 2 heterocycles. The van der Waals surface area contributed by atoms with Gasteiger partial charge >= 0.3 is 0 Å². The summed E-state index contributed by atoms with van der Waals surface area (Å²) in [6, 6.07) is 3.33. The highest BCUT2D eigenvalue weighted by molar-refractivity contribution is 7.09. The number of nitrogens with zero attached hydrogens (tertiary/aromatic N) is 1. The molecule has 5 heteroatoms. The minimum atomic E-state index is -0.183. The first-order valence-electron chi connectivity index (χ1n) is 4.98. The second kappa shape index (κ2) is 4.94. The normalized spacial score (nSPS) is 10.3. The molecule has 0 unspecified atom stereocenters. The molecule has 1 amide bonds. The van der Waals surface area contributed by atoms with Crippen LogP contribution in [0.4, 0.5) is 0 Å². The van der Waals surface area contributed by atoms with Crippen LogP contribution in [0.5, 0.6) is 0 Å². The van der Waals surface area contributed by atoms with Crippen molar-refractivity contribution in [3.63, 3.8) is 0 Å². The fourth-order valence-electron chi connectivity index (χ4n) is 1.32. The van der Waals surface area contributed by atoms with Crippen LogP contribution in [-0.2, 0) is 6.42 Å². The number of thiazole rings is 1. The number of aryl methyl sites for hydroxylation is 1. The Bertz CT molecular complexity index is 462. The number of aromatic nitrogens is 1. The highest BCUT2D eigenvalue weighted by atomic mass is 32.1. The van der Waals surface area contributed by atoms with E-state index in [9.17, 15) is 4.79 Å². The van der Waals surface area contributed by atoms with E-state index in [4.69, 9.17) is 4.42 Å². The van der Waals surface area contributed by atoms with E-state index in [2.05, 4.69) is 10.3 Å². The van der Waals surface area contributed by atoms with Crippen LogP contribution in [0.15, 0.2) is 28.2 Å². The summed E-state index contributed by atoms with van der Waals surface area (Å²) >= 11 is 1.62. The van der Waals surface area contributed by atoms with Gasteiger partial charge in [0, 0.05) is 18.3 Å². The molecule has 2 aromatic rings. The predicted octanol–water partition coefficient (Wildman–Crippen LogP) is 2.02. The third-order valence-corrected chi connectivity index (χ3v) is 2.90. The van der Waals surface area contributed by atoms with Crippen molar-refractivity contribution in [3.05, 3.63) is 40.2 Å². The fraction of sp³-hybridized carbons (Fsp3) is 0.273. The Balaban J connectivity index is 1.78. The lowest BCUT2D eigenvalue weighted by atomic mass is 10.3. The van der Waals surface area contributed by atoms with E-state index >= 15 is 0 Å². The largest absolute Gasteiger partial charge is 0.459 e. The molecule has 2 rings (SSSR count). The number of carbonyl (C=O) groups excluding carboxylic acids is 1. The predicted molar refractivity (Wildman–Crippen MR) is 61.6 cm³/mol. The van der Waals surface area contributed by atoms with Gasteiger partial charge in [-0.15, -0.1) is 11.3 Å². The number of rotatable bonds is 4. The summed E-state index contributed by atoms with van der Waals surface area (Å²) in [4.78, 5) is 15.8. The average Bonchev–Trinajstić information content (AvgIpc) is 2.89. The van der Waals surface area contributed by atoms with Gasteiger partial charge in [0.25, 0.3) is 5.91 Å². The summed E-state index contributed by atoms with van der Waals surface area (Å²) in [7, 11) is 0. The number of nitrogens with one attached hydrogen (secondary N) is 1. The van der Waals surface area contributed by atoms with Crippen LogP contribution < -0.4 is 5.32 Å².